The van der Waals surface area contributed by atoms with Crippen molar-refractivity contribution in [3.05, 3.63) is 58.0 Å². The summed E-state index contributed by atoms with van der Waals surface area (Å²) in [6, 6.07) is 7.27. The van der Waals surface area contributed by atoms with E-state index in [0.29, 0.717) is 40.8 Å². The molecule has 3 aromatic rings. The number of carbonyl (C=O) groups excluding carboxylic acids is 2. The summed E-state index contributed by atoms with van der Waals surface area (Å²) >= 11 is 5.93. The van der Waals surface area contributed by atoms with Crippen LogP contribution in [0.5, 0.6) is 0 Å². The molecule has 0 radical (unpaired) electrons. The molecule has 0 aliphatic carbocycles. The lowest BCUT2D eigenvalue weighted by Crippen LogP contribution is -2.38. The topological polar surface area (TPSA) is 95.9 Å². The number of likely N-dealkylation sites (N-methyl/N-ethyl adjacent to an activating group) is 1. The molecule has 0 saturated heterocycles. The highest BCUT2D eigenvalue weighted by Gasteiger charge is 2.26. The van der Waals surface area contributed by atoms with Crippen LogP contribution in [0.3, 0.4) is 0 Å². The van der Waals surface area contributed by atoms with Gasteiger partial charge in [-0.15, -0.1) is 0 Å². The molecular formula is C19H19ClN6O2. The van der Waals surface area contributed by atoms with E-state index in [9.17, 15) is 9.59 Å². The minimum Gasteiger partial charge on any atom is -0.346 e. The van der Waals surface area contributed by atoms with Crippen LogP contribution in [0.2, 0.25) is 5.02 Å². The minimum absolute atomic E-state index is 0.0873. The number of aromatic amines is 1. The van der Waals surface area contributed by atoms with Gasteiger partial charge in [0.25, 0.3) is 11.8 Å². The van der Waals surface area contributed by atoms with E-state index < -0.39 is 0 Å². The molecule has 8 nitrogen and oxygen atoms in total. The van der Waals surface area contributed by atoms with Crippen LogP contribution in [0.1, 0.15) is 32.1 Å². The van der Waals surface area contributed by atoms with E-state index in [4.69, 9.17) is 11.6 Å². The van der Waals surface area contributed by atoms with Gasteiger partial charge in [-0.2, -0.15) is 10.2 Å². The van der Waals surface area contributed by atoms with Gasteiger partial charge in [-0.1, -0.05) is 23.7 Å². The Hall–Kier alpha value is -3.13. The van der Waals surface area contributed by atoms with Gasteiger partial charge in [0.05, 0.1) is 18.4 Å². The first-order valence-electron chi connectivity index (χ1n) is 8.85. The van der Waals surface area contributed by atoms with Crippen molar-refractivity contribution in [2.45, 2.75) is 20.0 Å². The Morgan fingerprint density at radius 1 is 1.29 bits per heavy atom. The number of halogens is 1. The fourth-order valence-electron chi connectivity index (χ4n) is 3.27. The van der Waals surface area contributed by atoms with Crippen LogP contribution < -0.4 is 5.32 Å². The molecule has 3 heterocycles. The first-order chi connectivity index (χ1) is 13.5. The highest BCUT2D eigenvalue weighted by molar-refractivity contribution is 6.30. The monoisotopic (exact) mass is 398 g/mol. The van der Waals surface area contributed by atoms with Gasteiger partial charge < -0.3 is 10.2 Å². The molecular weight excluding hydrogens is 380 g/mol. The molecule has 2 N–H and O–H groups in total. The molecule has 4 rings (SSSR count). The number of hydrogen-bond acceptors (Lipinski definition) is 4. The number of amides is 2. The number of hydrogen-bond donors (Lipinski definition) is 2. The number of fused-ring (bicyclic) bond motifs is 1. The van der Waals surface area contributed by atoms with E-state index in [-0.39, 0.29) is 18.4 Å². The van der Waals surface area contributed by atoms with Gasteiger partial charge in [0, 0.05) is 41.9 Å². The SMILES string of the molecule is Cc1c(-c2ccc(Cl)cc2)n[nH]c1C(=O)NCc1cnn2c1C(=O)N(C)CC2. The molecule has 1 aliphatic heterocycles. The Bertz CT molecular complexity index is 1050. The number of nitrogens with one attached hydrogen (secondary N) is 2. The van der Waals surface area contributed by atoms with Gasteiger partial charge >= 0.3 is 0 Å². The first-order valence-corrected chi connectivity index (χ1v) is 9.22. The highest BCUT2D eigenvalue weighted by atomic mass is 35.5. The normalized spacial score (nSPS) is 13.5. The molecule has 0 unspecified atom stereocenters. The van der Waals surface area contributed by atoms with Crippen LogP contribution in [0.4, 0.5) is 0 Å². The highest BCUT2D eigenvalue weighted by Crippen LogP contribution is 2.24. The summed E-state index contributed by atoms with van der Waals surface area (Å²) in [4.78, 5) is 26.7. The zero-order chi connectivity index (χ0) is 19.8. The summed E-state index contributed by atoms with van der Waals surface area (Å²) in [7, 11) is 1.76. The number of H-pyrrole nitrogens is 1. The lowest BCUT2D eigenvalue weighted by atomic mass is 10.1. The van der Waals surface area contributed by atoms with E-state index in [1.807, 2.05) is 19.1 Å². The fraction of sp³-hybridized carbons (Fsp3) is 0.263. The van der Waals surface area contributed by atoms with Crippen LogP contribution in [0, 0.1) is 6.92 Å². The van der Waals surface area contributed by atoms with E-state index in [0.717, 1.165) is 11.1 Å². The first kappa shape index (κ1) is 18.2. The van der Waals surface area contributed by atoms with Crippen LogP contribution in [-0.4, -0.2) is 50.3 Å². The number of aromatic nitrogens is 4. The van der Waals surface area contributed by atoms with Gasteiger partial charge in [-0.25, -0.2) is 0 Å². The minimum atomic E-state index is -0.290. The van der Waals surface area contributed by atoms with Crippen LogP contribution in [0.15, 0.2) is 30.5 Å². The summed E-state index contributed by atoms with van der Waals surface area (Å²) in [5.74, 6) is -0.377. The number of benzene rings is 1. The van der Waals surface area contributed by atoms with Crippen molar-refractivity contribution >= 4 is 23.4 Å². The van der Waals surface area contributed by atoms with E-state index >= 15 is 0 Å². The zero-order valence-electron chi connectivity index (χ0n) is 15.5. The molecule has 2 amide bonds. The predicted octanol–water partition coefficient (Wildman–Crippen LogP) is 2.25. The number of carbonyl (C=O) groups is 2. The summed E-state index contributed by atoms with van der Waals surface area (Å²) in [5, 5.41) is 14.8. The molecule has 2 aromatic heterocycles. The lowest BCUT2D eigenvalue weighted by Gasteiger charge is -2.24. The summed E-state index contributed by atoms with van der Waals surface area (Å²) in [6.07, 6.45) is 1.63. The maximum atomic E-state index is 12.6. The average Bonchev–Trinajstić information content (AvgIpc) is 3.27. The molecule has 0 bridgehead atoms. The maximum Gasteiger partial charge on any atom is 0.272 e. The molecule has 1 aliphatic rings. The molecule has 1 aromatic carbocycles. The van der Waals surface area contributed by atoms with Gasteiger partial charge in [-0.05, 0) is 19.1 Å². The average molecular weight is 399 g/mol. The van der Waals surface area contributed by atoms with Crippen molar-refractivity contribution in [3.8, 4) is 11.3 Å². The molecule has 0 fully saturated rings. The second-order valence-electron chi connectivity index (χ2n) is 6.73. The summed E-state index contributed by atoms with van der Waals surface area (Å²) in [5.41, 5.74) is 3.91. The maximum absolute atomic E-state index is 12.6. The van der Waals surface area contributed by atoms with E-state index in [1.54, 1.807) is 35.0 Å². The van der Waals surface area contributed by atoms with Crippen molar-refractivity contribution in [3.63, 3.8) is 0 Å². The lowest BCUT2D eigenvalue weighted by molar-refractivity contribution is 0.0740. The Kier molecular flexibility index (Phi) is 4.64. The molecule has 0 saturated carbocycles. The second-order valence-corrected chi connectivity index (χ2v) is 7.17. The van der Waals surface area contributed by atoms with E-state index in [1.165, 1.54) is 0 Å². The van der Waals surface area contributed by atoms with Gasteiger partial charge in [0.1, 0.15) is 11.4 Å². The third-order valence-corrected chi connectivity index (χ3v) is 5.16. The summed E-state index contributed by atoms with van der Waals surface area (Å²) < 4.78 is 1.68. The van der Waals surface area contributed by atoms with Crippen molar-refractivity contribution in [1.29, 1.82) is 0 Å². The molecule has 9 heteroatoms. The van der Waals surface area contributed by atoms with Crippen molar-refractivity contribution in [2.75, 3.05) is 13.6 Å². The van der Waals surface area contributed by atoms with Gasteiger partial charge in [-0.3, -0.25) is 19.4 Å². The third-order valence-electron chi connectivity index (χ3n) is 4.91. The molecule has 144 valence electrons. The Balaban J connectivity index is 1.51. The number of rotatable bonds is 4. The predicted molar refractivity (Wildman–Crippen MR) is 104 cm³/mol. The smallest absolute Gasteiger partial charge is 0.272 e. The number of nitrogens with zero attached hydrogens (tertiary/aromatic N) is 4. The van der Waals surface area contributed by atoms with Crippen LogP contribution in [0.25, 0.3) is 11.3 Å². The van der Waals surface area contributed by atoms with Crippen molar-refractivity contribution in [2.24, 2.45) is 0 Å². The summed E-state index contributed by atoms with van der Waals surface area (Å²) in [6.45, 7) is 3.32. The zero-order valence-corrected chi connectivity index (χ0v) is 16.2. The standard InChI is InChI=1S/C19H19ClN6O2/c1-11-15(12-3-5-14(20)6-4-12)23-24-16(11)18(27)21-9-13-10-22-26-8-7-25(2)19(28)17(13)26/h3-6,10H,7-9H2,1-2H3,(H,21,27)(H,23,24). The largest absolute Gasteiger partial charge is 0.346 e. The molecule has 28 heavy (non-hydrogen) atoms. The van der Waals surface area contributed by atoms with Crippen LogP contribution in [-0.2, 0) is 13.1 Å². The van der Waals surface area contributed by atoms with Crippen molar-refractivity contribution < 1.29 is 9.59 Å². The molecule has 0 spiro atoms. The third kappa shape index (κ3) is 3.16. The Labute approximate surface area is 166 Å². The Morgan fingerprint density at radius 2 is 2.04 bits per heavy atom. The van der Waals surface area contributed by atoms with Gasteiger partial charge in [0.15, 0.2) is 0 Å². The van der Waals surface area contributed by atoms with Crippen molar-refractivity contribution in [1.82, 2.24) is 30.2 Å². The van der Waals surface area contributed by atoms with Crippen LogP contribution >= 0.6 is 11.6 Å². The fourth-order valence-corrected chi connectivity index (χ4v) is 3.40. The van der Waals surface area contributed by atoms with Gasteiger partial charge in [0.2, 0.25) is 0 Å². The van der Waals surface area contributed by atoms with E-state index in [2.05, 4.69) is 20.6 Å². The quantitative estimate of drug-likeness (QED) is 0.704. The molecule has 0 atom stereocenters. The Morgan fingerprint density at radius 3 is 2.79 bits per heavy atom. The second kappa shape index (κ2) is 7.12.